The van der Waals surface area contributed by atoms with Gasteiger partial charge in [-0.15, -0.1) is 0 Å². The third kappa shape index (κ3) is 6.20. The van der Waals surface area contributed by atoms with E-state index in [1.807, 2.05) is 18.2 Å². The molecule has 3 aromatic carbocycles. The van der Waals surface area contributed by atoms with Gasteiger partial charge in [0.1, 0.15) is 23.5 Å². The fourth-order valence-corrected chi connectivity index (χ4v) is 6.87. The van der Waals surface area contributed by atoms with E-state index < -0.39 is 29.2 Å². The average molecular weight is 566 g/mol. The van der Waals surface area contributed by atoms with Gasteiger partial charge in [-0.3, -0.25) is 0 Å². The highest BCUT2D eigenvalue weighted by Gasteiger charge is 2.34. The number of benzene rings is 3. The van der Waals surface area contributed by atoms with Gasteiger partial charge in [-0.2, -0.15) is 5.26 Å². The number of hydrogen-bond acceptors (Lipinski definition) is 1. The van der Waals surface area contributed by atoms with Gasteiger partial charge >= 0.3 is 0 Å². The molecule has 5 rings (SSSR count). The van der Waals surface area contributed by atoms with E-state index in [-0.39, 0.29) is 46.3 Å². The summed E-state index contributed by atoms with van der Waals surface area (Å²) in [6.07, 6.45) is 7.47. The maximum Gasteiger partial charge on any atom is 0.165 e. The van der Waals surface area contributed by atoms with E-state index in [0.717, 1.165) is 30.4 Å². The van der Waals surface area contributed by atoms with Crippen LogP contribution < -0.4 is 0 Å². The molecule has 1 saturated carbocycles. The second-order valence-electron chi connectivity index (χ2n) is 11.9. The lowest BCUT2D eigenvalue weighted by atomic mass is 9.73. The highest BCUT2D eigenvalue weighted by molar-refractivity contribution is 5.41. The molecule has 0 radical (unpaired) electrons. The van der Waals surface area contributed by atoms with Crippen molar-refractivity contribution in [2.75, 3.05) is 0 Å². The lowest BCUT2D eigenvalue weighted by molar-refractivity contribution is 0.354. The smallest absolute Gasteiger partial charge is 0.165 e. The molecule has 41 heavy (non-hydrogen) atoms. The summed E-state index contributed by atoms with van der Waals surface area (Å²) < 4.78 is 75.3. The molecular formula is C35H36F5N. The Kier molecular flexibility index (Phi) is 9.12. The second-order valence-corrected chi connectivity index (χ2v) is 11.9. The minimum Gasteiger partial charge on any atom is -0.207 e. The average Bonchev–Trinajstić information content (AvgIpc) is 2.98. The summed E-state index contributed by atoms with van der Waals surface area (Å²) >= 11 is 0. The lowest BCUT2D eigenvalue weighted by Crippen LogP contribution is -2.23. The van der Waals surface area contributed by atoms with Crippen molar-refractivity contribution in [2.24, 2.45) is 5.92 Å². The van der Waals surface area contributed by atoms with Crippen LogP contribution in [0.25, 0.3) is 0 Å². The molecule has 0 N–H and O–H groups in total. The largest absolute Gasteiger partial charge is 0.207 e. The van der Waals surface area contributed by atoms with Gasteiger partial charge in [0.05, 0.1) is 5.56 Å². The SMILES string of the molecule is CCCCc1ccc(CCC2CCc3c(F)c(C4CCC(c5ccc(C#N)c(F)c5)CC4)c(F)c(F)c3C2)c(F)c1. The van der Waals surface area contributed by atoms with Gasteiger partial charge < -0.3 is 0 Å². The van der Waals surface area contributed by atoms with E-state index in [4.69, 9.17) is 5.26 Å². The number of nitriles is 1. The fourth-order valence-electron chi connectivity index (χ4n) is 6.87. The summed E-state index contributed by atoms with van der Waals surface area (Å²) in [4.78, 5) is 0. The molecule has 1 atom stereocenters. The van der Waals surface area contributed by atoms with Crippen molar-refractivity contribution in [3.63, 3.8) is 0 Å². The highest BCUT2D eigenvalue weighted by Crippen LogP contribution is 2.45. The molecule has 0 aromatic heterocycles. The van der Waals surface area contributed by atoms with E-state index in [1.54, 1.807) is 12.1 Å². The van der Waals surface area contributed by atoms with Crippen LogP contribution >= 0.6 is 0 Å². The highest BCUT2D eigenvalue weighted by atomic mass is 19.2. The minimum atomic E-state index is -1.08. The Morgan fingerprint density at radius 1 is 0.780 bits per heavy atom. The van der Waals surface area contributed by atoms with Crippen LogP contribution in [0.2, 0.25) is 0 Å². The van der Waals surface area contributed by atoms with Crippen LogP contribution in [-0.2, 0) is 25.7 Å². The van der Waals surface area contributed by atoms with Gasteiger partial charge in [0.2, 0.25) is 0 Å². The Morgan fingerprint density at radius 2 is 1.54 bits per heavy atom. The summed E-state index contributed by atoms with van der Waals surface area (Å²) in [7, 11) is 0. The summed E-state index contributed by atoms with van der Waals surface area (Å²) in [5.41, 5.74) is 2.66. The summed E-state index contributed by atoms with van der Waals surface area (Å²) in [5.74, 6) is -3.79. The molecule has 2 aliphatic rings. The standard InChI is InChI=1S/C35H36F5N/c1-2-3-4-21-5-8-24(30(36)18-21)9-6-22-7-16-28-29(17-22)34(39)35(40)32(33(28)38)25-12-10-23(11-13-25)26-14-15-27(20-41)31(37)19-26/h5,8,14-15,18-19,22-23,25H,2-4,6-7,9-13,16-17H2,1H3. The molecule has 0 saturated heterocycles. The number of hydrogen-bond donors (Lipinski definition) is 0. The lowest BCUT2D eigenvalue weighted by Gasteiger charge is -2.32. The maximum atomic E-state index is 15.8. The van der Waals surface area contributed by atoms with Crippen molar-refractivity contribution in [3.8, 4) is 6.07 Å². The van der Waals surface area contributed by atoms with E-state index in [1.165, 1.54) is 12.1 Å². The molecule has 2 aliphatic carbocycles. The molecule has 0 spiro atoms. The van der Waals surface area contributed by atoms with Crippen molar-refractivity contribution in [2.45, 2.75) is 95.8 Å². The van der Waals surface area contributed by atoms with Crippen LogP contribution in [0, 0.1) is 46.3 Å². The zero-order valence-electron chi connectivity index (χ0n) is 23.5. The van der Waals surface area contributed by atoms with Crippen molar-refractivity contribution >= 4 is 0 Å². The third-order valence-electron chi connectivity index (χ3n) is 9.33. The predicted molar refractivity (Wildman–Crippen MR) is 150 cm³/mol. The summed E-state index contributed by atoms with van der Waals surface area (Å²) in [5, 5.41) is 8.96. The first kappa shape index (κ1) is 29.3. The summed E-state index contributed by atoms with van der Waals surface area (Å²) in [6.45, 7) is 2.10. The van der Waals surface area contributed by atoms with Gasteiger partial charge in [-0.25, -0.2) is 22.0 Å². The molecule has 0 bridgehead atoms. The van der Waals surface area contributed by atoms with Crippen molar-refractivity contribution in [1.82, 2.24) is 0 Å². The van der Waals surface area contributed by atoms with Crippen LogP contribution in [0.1, 0.15) is 109 Å². The monoisotopic (exact) mass is 565 g/mol. The first-order valence-electron chi connectivity index (χ1n) is 15.0. The van der Waals surface area contributed by atoms with Crippen LogP contribution in [0.5, 0.6) is 0 Å². The quantitative estimate of drug-likeness (QED) is 0.197. The molecular weight excluding hydrogens is 529 g/mol. The minimum absolute atomic E-state index is 0.0121. The molecule has 3 aromatic rings. The first-order valence-corrected chi connectivity index (χ1v) is 15.0. The summed E-state index contributed by atoms with van der Waals surface area (Å²) in [6, 6.07) is 11.8. The number of unbranched alkanes of at least 4 members (excludes halogenated alkanes) is 1. The van der Waals surface area contributed by atoms with Crippen LogP contribution in [-0.4, -0.2) is 0 Å². The zero-order chi connectivity index (χ0) is 29.1. The van der Waals surface area contributed by atoms with E-state index in [2.05, 4.69) is 6.92 Å². The molecule has 1 unspecified atom stereocenters. The number of aryl methyl sites for hydroxylation is 2. The Hall–Kier alpha value is -3.20. The van der Waals surface area contributed by atoms with Gasteiger partial charge in [0.25, 0.3) is 0 Å². The molecule has 216 valence electrons. The molecule has 1 fully saturated rings. The van der Waals surface area contributed by atoms with Crippen LogP contribution in [0.4, 0.5) is 22.0 Å². The van der Waals surface area contributed by atoms with Gasteiger partial charge in [-0.05, 0) is 134 Å². The van der Waals surface area contributed by atoms with Crippen molar-refractivity contribution in [1.29, 1.82) is 5.26 Å². The van der Waals surface area contributed by atoms with Crippen LogP contribution in [0.3, 0.4) is 0 Å². The van der Waals surface area contributed by atoms with E-state index >= 15 is 13.2 Å². The predicted octanol–water partition coefficient (Wildman–Crippen LogP) is 9.78. The molecule has 0 aliphatic heterocycles. The zero-order valence-corrected chi connectivity index (χ0v) is 23.5. The van der Waals surface area contributed by atoms with E-state index in [9.17, 15) is 8.78 Å². The number of fused-ring (bicyclic) bond motifs is 1. The van der Waals surface area contributed by atoms with Gasteiger partial charge in [0.15, 0.2) is 11.6 Å². The Labute approximate surface area is 239 Å². The fraction of sp³-hybridized carbons (Fsp3) is 0.457. The molecule has 1 nitrogen and oxygen atoms in total. The maximum absolute atomic E-state index is 15.8. The Balaban J connectivity index is 1.25. The molecule has 6 heteroatoms. The first-order chi connectivity index (χ1) is 19.8. The number of halogens is 5. The van der Waals surface area contributed by atoms with Crippen molar-refractivity contribution < 1.29 is 22.0 Å². The van der Waals surface area contributed by atoms with Gasteiger partial charge in [-0.1, -0.05) is 31.5 Å². The Morgan fingerprint density at radius 3 is 2.22 bits per heavy atom. The Bertz CT molecular complexity index is 1450. The molecule has 0 heterocycles. The van der Waals surface area contributed by atoms with E-state index in [0.29, 0.717) is 56.9 Å². The van der Waals surface area contributed by atoms with Crippen LogP contribution in [0.15, 0.2) is 36.4 Å². The van der Waals surface area contributed by atoms with Gasteiger partial charge in [0, 0.05) is 5.56 Å². The molecule has 0 amide bonds. The normalized spacial score (nSPS) is 20.5. The van der Waals surface area contributed by atoms with Crippen molar-refractivity contribution in [3.05, 3.63) is 104 Å². The number of nitrogens with zero attached hydrogens (tertiary/aromatic N) is 1. The third-order valence-corrected chi connectivity index (χ3v) is 9.33. The second kappa shape index (κ2) is 12.8. The topological polar surface area (TPSA) is 23.8 Å². The number of rotatable bonds is 8.